The van der Waals surface area contributed by atoms with Crippen molar-refractivity contribution in [1.82, 2.24) is 14.9 Å². The molecule has 6 heteroatoms. The average Bonchev–Trinajstić information content (AvgIpc) is 4.18. The molecule has 0 atom stereocenters. The third-order valence-electron chi connectivity index (χ3n) is 16.7. The summed E-state index contributed by atoms with van der Waals surface area (Å²) in [5.74, 6) is 0. The largest absolute Gasteiger partial charge is 0.456 e. The van der Waals surface area contributed by atoms with Gasteiger partial charge in [-0.05, 0) is 171 Å². The number of para-hydroxylation sites is 1. The minimum absolute atomic E-state index is 0.815. The minimum Gasteiger partial charge on any atom is -0.456 e. The fourth-order valence-corrected chi connectivity index (χ4v) is 14.0. The molecule has 11 aromatic carbocycles. The molecule has 384 valence electrons. The van der Waals surface area contributed by atoms with Gasteiger partial charge in [0.05, 0.1) is 16.7 Å². The molecule has 1 N–H and O–H groups in total. The van der Waals surface area contributed by atoms with Gasteiger partial charge in [-0.15, -0.1) is 11.3 Å². The van der Waals surface area contributed by atoms with E-state index in [0.29, 0.717) is 0 Å². The van der Waals surface area contributed by atoms with Crippen LogP contribution in [-0.4, -0.2) is 16.1 Å². The monoisotopic (exact) mass is 1070 g/mol. The van der Waals surface area contributed by atoms with E-state index in [-0.39, 0.29) is 0 Å². The number of thiophene rings is 1. The van der Waals surface area contributed by atoms with Crippen molar-refractivity contribution in [2.75, 3.05) is 6.54 Å². The average molecular weight is 1070 g/mol. The van der Waals surface area contributed by atoms with Gasteiger partial charge in [0.1, 0.15) is 22.3 Å². The van der Waals surface area contributed by atoms with Crippen LogP contribution in [0.4, 0.5) is 0 Å². The van der Waals surface area contributed by atoms with E-state index >= 15 is 0 Å². The van der Waals surface area contributed by atoms with E-state index < -0.39 is 0 Å². The number of nitrogens with zero attached hydrogens (tertiary/aromatic N) is 2. The zero-order valence-corrected chi connectivity index (χ0v) is 45.0. The highest BCUT2D eigenvalue weighted by Gasteiger charge is 2.21. The van der Waals surface area contributed by atoms with Gasteiger partial charge >= 0.3 is 0 Å². The van der Waals surface area contributed by atoms with Gasteiger partial charge in [0, 0.05) is 93.3 Å². The summed E-state index contributed by atoms with van der Waals surface area (Å²) in [5, 5.41) is 12.8. The Morgan fingerprint density at radius 1 is 0.378 bits per heavy atom. The van der Waals surface area contributed by atoms with Crippen molar-refractivity contribution in [3.05, 3.63) is 273 Å². The predicted molar refractivity (Wildman–Crippen MR) is 344 cm³/mol. The summed E-state index contributed by atoms with van der Waals surface area (Å²) in [4.78, 5) is 4.71. The van der Waals surface area contributed by atoms with Crippen molar-refractivity contribution < 1.29 is 8.83 Å². The summed E-state index contributed by atoms with van der Waals surface area (Å²) in [5.41, 5.74) is 22.8. The molecule has 0 saturated heterocycles. The van der Waals surface area contributed by atoms with Gasteiger partial charge in [-0.1, -0.05) is 140 Å². The number of hydrogen-bond acceptors (Lipinski definition) is 5. The van der Waals surface area contributed by atoms with Crippen LogP contribution in [0.1, 0.15) is 5.56 Å². The second kappa shape index (κ2) is 18.5. The molecule has 0 amide bonds. The van der Waals surface area contributed by atoms with Crippen molar-refractivity contribution >= 4 is 103 Å². The molecule has 5 aromatic heterocycles. The fraction of sp³-hybridized carbons (Fsp3) is 0.0132. The molecule has 16 aromatic rings. The van der Waals surface area contributed by atoms with Crippen LogP contribution in [0.3, 0.4) is 0 Å². The van der Waals surface area contributed by atoms with Gasteiger partial charge in [-0.3, -0.25) is 4.98 Å². The van der Waals surface area contributed by atoms with Gasteiger partial charge in [0.15, 0.2) is 0 Å². The molecule has 0 saturated carbocycles. The second-order valence-electron chi connectivity index (χ2n) is 21.4. The summed E-state index contributed by atoms with van der Waals surface area (Å²) >= 11 is 1.86. The lowest BCUT2D eigenvalue weighted by atomic mass is 9.93. The van der Waals surface area contributed by atoms with E-state index in [1.165, 1.54) is 58.7 Å². The lowest BCUT2D eigenvalue weighted by Gasteiger charge is -2.16. The van der Waals surface area contributed by atoms with Gasteiger partial charge in [0.2, 0.25) is 0 Å². The lowest BCUT2D eigenvalue weighted by molar-refractivity contribution is 0.668. The van der Waals surface area contributed by atoms with Crippen LogP contribution in [0.15, 0.2) is 276 Å². The zero-order chi connectivity index (χ0) is 53.8. The summed E-state index contributed by atoms with van der Waals surface area (Å²) in [6, 6.07) is 88.0. The van der Waals surface area contributed by atoms with Crippen LogP contribution < -0.4 is 5.32 Å². The molecule has 1 aliphatic rings. The topological polar surface area (TPSA) is 56.1 Å². The van der Waals surface area contributed by atoms with E-state index in [0.717, 1.165) is 118 Å². The summed E-state index contributed by atoms with van der Waals surface area (Å²) in [6.45, 7) is 0.815. The van der Waals surface area contributed by atoms with Gasteiger partial charge in [-0.2, -0.15) is 0 Å². The van der Waals surface area contributed by atoms with Crippen LogP contribution in [0.5, 0.6) is 0 Å². The molecule has 0 spiro atoms. The number of rotatable bonds is 8. The molecule has 82 heavy (non-hydrogen) atoms. The van der Waals surface area contributed by atoms with E-state index in [2.05, 4.69) is 259 Å². The number of pyridine rings is 1. The summed E-state index contributed by atoms with van der Waals surface area (Å²) < 4.78 is 18.1. The molecule has 0 aliphatic carbocycles. The van der Waals surface area contributed by atoms with Crippen LogP contribution in [0.25, 0.3) is 164 Å². The molecule has 6 heterocycles. The maximum atomic E-state index is 6.66. The standard InChI is InChI=1S/C76H47N3O2S/c1-2-14-53(15-3-1)79-69-30-24-46(38-60(69)61-41-49(25-31-70(61)79)54-16-4-6-18-56(54)67-21-10-12-36-77-67)47-26-32-71-62(39-47)65-43-51(29-35-74(65)80-71)59-44-52(45-66-58-20-8-9-23-75(58)82-76(59)66)48-27-33-72-63(40-48)64-42-50(28-34-73(64)81-72)55-17-5-7-19-57(55)68-22-11-13-37-78-68/h1-35,37-45,77H,36H2. The van der Waals surface area contributed by atoms with Crippen molar-refractivity contribution in [2.24, 2.45) is 0 Å². The Labute approximate surface area is 475 Å². The Morgan fingerprint density at radius 3 is 1.52 bits per heavy atom. The smallest absolute Gasteiger partial charge is 0.135 e. The number of hydrogen-bond donors (Lipinski definition) is 1. The third-order valence-corrected chi connectivity index (χ3v) is 17.9. The van der Waals surface area contributed by atoms with Crippen molar-refractivity contribution in [3.8, 4) is 72.6 Å². The predicted octanol–water partition coefficient (Wildman–Crippen LogP) is 20.8. The molecular weight excluding hydrogens is 1020 g/mol. The number of dihydropyridines is 1. The first-order valence-corrected chi connectivity index (χ1v) is 28.7. The molecular formula is C76H47N3O2S. The quantitative estimate of drug-likeness (QED) is 0.165. The second-order valence-corrected chi connectivity index (χ2v) is 22.4. The van der Waals surface area contributed by atoms with Crippen LogP contribution in [-0.2, 0) is 0 Å². The number of allylic oxidation sites excluding steroid dienone is 2. The van der Waals surface area contributed by atoms with Crippen LogP contribution in [0, 0.1) is 0 Å². The SMILES string of the molecule is C1=CCNC(c2ccccc2-c2ccc3c(c2)c2cc(-c4ccc5oc6ccc(-c7cc(-c8ccc9oc%10ccc(-c%11ccccc%11-c%11ccccn%11)cc%10c9c8)cc8c7sc7ccccc78)cc6c5c4)ccc2n3-c2ccccc2)=C1. The highest BCUT2D eigenvalue weighted by Crippen LogP contribution is 2.46. The Bertz CT molecular complexity index is 5350. The normalized spacial score (nSPS) is 12.7. The van der Waals surface area contributed by atoms with Gasteiger partial charge in [0.25, 0.3) is 0 Å². The molecule has 0 unspecified atom stereocenters. The Morgan fingerprint density at radius 2 is 0.878 bits per heavy atom. The first-order chi connectivity index (χ1) is 40.6. The Balaban J connectivity index is 0.791. The van der Waals surface area contributed by atoms with Gasteiger partial charge < -0.3 is 18.7 Å². The van der Waals surface area contributed by atoms with Crippen molar-refractivity contribution in [1.29, 1.82) is 0 Å². The molecule has 17 rings (SSSR count). The first kappa shape index (κ1) is 46.4. The highest BCUT2D eigenvalue weighted by molar-refractivity contribution is 7.26. The molecule has 0 radical (unpaired) electrons. The lowest BCUT2D eigenvalue weighted by Crippen LogP contribution is -2.14. The number of fused-ring (bicyclic) bond motifs is 12. The number of aromatic nitrogens is 2. The zero-order valence-electron chi connectivity index (χ0n) is 44.2. The molecule has 0 fully saturated rings. The highest BCUT2D eigenvalue weighted by atomic mass is 32.1. The Kier molecular flexibility index (Phi) is 10.5. The van der Waals surface area contributed by atoms with E-state index in [1.54, 1.807) is 0 Å². The maximum Gasteiger partial charge on any atom is 0.135 e. The molecule has 0 bridgehead atoms. The first-order valence-electron chi connectivity index (χ1n) is 27.9. The van der Waals surface area contributed by atoms with E-state index in [1.807, 2.05) is 29.7 Å². The van der Waals surface area contributed by atoms with Gasteiger partial charge in [-0.25, -0.2) is 0 Å². The molecule has 1 aliphatic heterocycles. The minimum atomic E-state index is 0.815. The number of furan rings is 2. The maximum absolute atomic E-state index is 6.66. The third kappa shape index (κ3) is 7.49. The van der Waals surface area contributed by atoms with Crippen LogP contribution in [0.2, 0.25) is 0 Å². The molecule has 5 nitrogen and oxygen atoms in total. The van der Waals surface area contributed by atoms with E-state index in [4.69, 9.17) is 13.8 Å². The summed E-state index contributed by atoms with van der Waals surface area (Å²) in [7, 11) is 0. The van der Waals surface area contributed by atoms with E-state index in [9.17, 15) is 0 Å². The number of benzene rings is 11. The number of nitrogens with one attached hydrogen (secondary N) is 1. The Hall–Kier alpha value is -10.5. The van der Waals surface area contributed by atoms with Crippen molar-refractivity contribution in [2.45, 2.75) is 0 Å². The van der Waals surface area contributed by atoms with Crippen molar-refractivity contribution in [3.63, 3.8) is 0 Å². The fourth-order valence-electron chi connectivity index (χ4n) is 12.8. The van der Waals surface area contributed by atoms with Crippen LogP contribution >= 0.6 is 11.3 Å². The summed E-state index contributed by atoms with van der Waals surface area (Å²) in [6.07, 6.45) is 8.31.